The van der Waals surface area contributed by atoms with E-state index in [4.69, 9.17) is 0 Å². The summed E-state index contributed by atoms with van der Waals surface area (Å²) in [5.41, 5.74) is 0. The summed E-state index contributed by atoms with van der Waals surface area (Å²) in [5.74, 6) is -0.875. The quantitative estimate of drug-likeness (QED) is 0.354. The Morgan fingerprint density at radius 2 is 1.22 bits per heavy atom. The molecule has 0 aromatic heterocycles. The maximum atomic E-state index is 10.3. The molecule has 0 fully saturated rings. The molecule has 0 aromatic carbocycles. The molecular weight excluding hydrogens is 313 g/mol. The molecule has 0 aromatic rings. The molecule has 3 heteroatoms. The predicted molar refractivity (Wildman–Crippen MR) is 34.0 cm³/mol. The average molecular weight is 317 g/mol. The summed E-state index contributed by atoms with van der Waals surface area (Å²) in [6, 6.07) is 0. The second-order valence-electron chi connectivity index (χ2n) is 1.45. The minimum absolute atomic E-state index is 0. The molecule has 0 saturated heterocycles. The van der Waals surface area contributed by atoms with E-state index in [-0.39, 0.29) is 26.2 Å². The Labute approximate surface area is 71.8 Å². The van der Waals surface area contributed by atoms with E-state index in [2.05, 4.69) is 0 Å². The van der Waals surface area contributed by atoms with Crippen LogP contribution >= 0.6 is 0 Å². The first kappa shape index (κ1) is 8.70. The van der Waals surface area contributed by atoms with Crippen LogP contribution in [0.2, 0.25) is 0 Å². The standard InChI is InChI=1S/C6H4O2.Bi/c7-5-3-1-2-4-6(5)8;/h1-4H;. The van der Waals surface area contributed by atoms with Gasteiger partial charge in [-0.15, -0.1) is 0 Å². The van der Waals surface area contributed by atoms with Crippen molar-refractivity contribution in [1.29, 1.82) is 0 Å². The Bertz CT molecular complexity index is 169. The van der Waals surface area contributed by atoms with Gasteiger partial charge in [-0.05, 0) is 12.2 Å². The molecular formula is C6H4BiO2. The van der Waals surface area contributed by atoms with Crippen molar-refractivity contribution in [3.8, 4) is 0 Å². The van der Waals surface area contributed by atoms with Gasteiger partial charge in [0.2, 0.25) is 11.6 Å². The zero-order valence-corrected chi connectivity index (χ0v) is 8.05. The number of rotatable bonds is 0. The third kappa shape index (κ3) is 2.19. The van der Waals surface area contributed by atoms with Crippen LogP contribution in [0.4, 0.5) is 0 Å². The van der Waals surface area contributed by atoms with Crippen LogP contribution in [0.25, 0.3) is 0 Å². The molecule has 0 amide bonds. The van der Waals surface area contributed by atoms with Crippen molar-refractivity contribution in [2.75, 3.05) is 0 Å². The first-order valence-electron chi connectivity index (χ1n) is 2.24. The largest absolute Gasteiger partial charge is 0.286 e. The van der Waals surface area contributed by atoms with Crippen molar-refractivity contribution in [3.63, 3.8) is 0 Å². The van der Waals surface area contributed by atoms with Crippen molar-refractivity contribution in [2.45, 2.75) is 0 Å². The van der Waals surface area contributed by atoms with E-state index in [0.717, 1.165) is 0 Å². The number of hydrogen-bond acceptors (Lipinski definition) is 2. The molecule has 1 aliphatic rings. The van der Waals surface area contributed by atoms with E-state index >= 15 is 0 Å². The molecule has 0 heterocycles. The smallest absolute Gasteiger partial charge is 0.225 e. The van der Waals surface area contributed by atoms with Crippen molar-refractivity contribution < 1.29 is 9.59 Å². The third-order valence-corrected chi connectivity index (χ3v) is 0.849. The second kappa shape index (κ2) is 3.68. The van der Waals surface area contributed by atoms with E-state index in [1.54, 1.807) is 12.2 Å². The van der Waals surface area contributed by atoms with E-state index < -0.39 is 11.6 Å². The van der Waals surface area contributed by atoms with Crippen LogP contribution in [0.5, 0.6) is 0 Å². The van der Waals surface area contributed by atoms with Crippen LogP contribution in [-0.4, -0.2) is 37.8 Å². The fourth-order valence-corrected chi connectivity index (χ4v) is 0.450. The third-order valence-electron chi connectivity index (χ3n) is 0.849. The van der Waals surface area contributed by atoms with Gasteiger partial charge in [-0.2, -0.15) is 0 Å². The number of allylic oxidation sites excluding steroid dienone is 4. The van der Waals surface area contributed by atoms with Crippen LogP contribution < -0.4 is 0 Å². The van der Waals surface area contributed by atoms with Crippen molar-refractivity contribution >= 4 is 37.8 Å². The zero-order chi connectivity index (χ0) is 5.98. The monoisotopic (exact) mass is 317 g/mol. The van der Waals surface area contributed by atoms with Gasteiger partial charge in [0.15, 0.2) is 0 Å². The van der Waals surface area contributed by atoms with Crippen LogP contribution in [0.1, 0.15) is 0 Å². The number of hydrogen-bond donors (Lipinski definition) is 0. The first-order chi connectivity index (χ1) is 3.80. The molecule has 3 radical (unpaired) electrons. The predicted octanol–water partition coefficient (Wildman–Crippen LogP) is -0.130. The summed E-state index contributed by atoms with van der Waals surface area (Å²) >= 11 is 0. The van der Waals surface area contributed by atoms with Crippen LogP contribution in [0, 0.1) is 0 Å². The minimum Gasteiger partial charge on any atom is -0.286 e. The van der Waals surface area contributed by atoms with E-state index in [9.17, 15) is 9.59 Å². The summed E-state index contributed by atoms with van der Waals surface area (Å²) < 4.78 is 0. The molecule has 1 aliphatic carbocycles. The van der Waals surface area contributed by atoms with Crippen LogP contribution in [-0.2, 0) is 9.59 Å². The van der Waals surface area contributed by atoms with Gasteiger partial charge in [0.05, 0.1) is 0 Å². The first-order valence-corrected chi connectivity index (χ1v) is 2.24. The normalized spacial score (nSPS) is 15.6. The maximum absolute atomic E-state index is 10.3. The topological polar surface area (TPSA) is 34.1 Å². The number of carbonyl (C=O) groups is 2. The van der Waals surface area contributed by atoms with Crippen LogP contribution in [0.3, 0.4) is 0 Å². The Balaban J connectivity index is 0.000000640. The molecule has 45 valence electrons. The molecule has 0 spiro atoms. The molecule has 9 heavy (non-hydrogen) atoms. The van der Waals surface area contributed by atoms with Gasteiger partial charge < -0.3 is 0 Å². The zero-order valence-electron chi connectivity index (χ0n) is 4.57. The van der Waals surface area contributed by atoms with Crippen LogP contribution in [0.15, 0.2) is 24.3 Å². The summed E-state index contributed by atoms with van der Waals surface area (Å²) in [5, 5.41) is 0. The minimum atomic E-state index is -0.437. The van der Waals surface area contributed by atoms with Crippen molar-refractivity contribution in [2.24, 2.45) is 0 Å². The van der Waals surface area contributed by atoms with Gasteiger partial charge in [-0.25, -0.2) is 0 Å². The molecule has 0 unspecified atom stereocenters. The Morgan fingerprint density at radius 3 is 1.44 bits per heavy atom. The molecule has 0 aliphatic heterocycles. The molecule has 0 saturated carbocycles. The molecule has 2 nitrogen and oxygen atoms in total. The Hall–Kier alpha value is -0.297. The Kier molecular flexibility index (Phi) is 3.55. The fraction of sp³-hybridized carbons (Fsp3) is 0. The summed E-state index contributed by atoms with van der Waals surface area (Å²) in [7, 11) is 0. The maximum Gasteiger partial charge on any atom is 0.225 e. The van der Waals surface area contributed by atoms with Gasteiger partial charge in [-0.3, -0.25) is 9.59 Å². The van der Waals surface area contributed by atoms with E-state index in [0.29, 0.717) is 0 Å². The van der Waals surface area contributed by atoms with E-state index in [1.807, 2.05) is 0 Å². The molecule has 0 atom stereocenters. The SMILES string of the molecule is O=C1C=CC=CC1=O.[Bi]. The average Bonchev–Trinajstić information content (AvgIpc) is 1.77. The van der Waals surface area contributed by atoms with E-state index in [1.165, 1.54) is 12.2 Å². The van der Waals surface area contributed by atoms with Gasteiger partial charge in [0.1, 0.15) is 0 Å². The van der Waals surface area contributed by atoms with Gasteiger partial charge in [-0.1, -0.05) is 12.2 Å². The summed E-state index contributed by atoms with van der Waals surface area (Å²) in [6.45, 7) is 0. The Morgan fingerprint density at radius 1 is 0.889 bits per heavy atom. The number of ketones is 2. The van der Waals surface area contributed by atoms with Gasteiger partial charge >= 0.3 is 0 Å². The van der Waals surface area contributed by atoms with Crippen molar-refractivity contribution in [1.82, 2.24) is 0 Å². The van der Waals surface area contributed by atoms with Crippen molar-refractivity contribution in [3.05, 3.63) is 24.3 Å². The molecule has 0 bridgehead atoms. The molecule has 1 rings (SSSR count). The molecule has 0 N–H and O–H groups in total. The summed E-state index contributed by atoms with van der Waals surface area (Å²) in [4.78, 5) is 20.6. The second-order valence-corrected chi connectivity index (χ2v) is 1.45. The fourth-order valence-electron chi connectivity index (χ4n) is 0.450. The van der Waals surface area contributed by atoms with Gasteiger partial charge in [0.25, 0.3) is 0 Å². The number of carbonyl (C=O) groups excluding carboxylic acids is 2. The van der Waals surface area contributed by atoms with Gasteiger partial charge in [0, 0.05) is 26.2 Å². The summed E-state index contributed by atoms with van der Waals surface area (Å²) in [6.07, 6.45) is 5.60.